The maximum atomic E-state index is 12.6. The second-order valence-electron chi connectivity index (χ2n) is 6.26. The van der Waals surface area contributed by atoms with Gasteiger partial charge in [0.1, 0.15) is 11.5 Å². The van der Waals surface area contributed by atoms with Crippen LogP contribution in [0.4, 0.5) is 0 Å². The summed E-state index contributed by atoms with van der Waals surface area (Å²) in [6.45, 7) is 8.00. The highest BCUT2D eigenvalue weighted by molar-refractivity contribution is 5.81. The molecule has 0 radical (unpaired) electrons. The molecule has 0 fully saturated rings. The first kappa shape index (κ1) is 18.8. The van der Waals surface area contributed by atoms with Crippen LogP contribution >= 0.6 is 0 Å². The van der Waals surface area contributed by atoms with Crippen LogP contribution in [0.2, 0.25) is 0 Å². The lowest BCUT2D eigenvalue weighted by atomic mass is 10.1. The zero-order valence-corrected chi connectivity index (χ0v) is 15.6. The monoisotopic (exact) mass is 341 g/mol. The number of hydrogen-bond acceptors (Lipinski definition) is 3. The van der Waals surface area contributed by atoms with E-state index in [0.717, 1.165) is 22.6 Å². The van der Waals surface area contributed by atoms with Gasteiger partial charge in [-0.05, 0) is 68.1 Å². The Labute approximate surface area is 150 Å². The van der Waals surface area contributed by atoms with Crippen LogP contribution in [0.5, 0.6) is 11.5 Å². The summed E-state index contributed by atoms with van der Waals surface area (Å²) in [5, 5.41) is 3.03. The molecule has 0 aliphatic heterocycles. The third kappa shape index (κ3) is 4.99. The average molecular weight is 341 g/mol. The number of carbonyl (C=O) groups is 1. The van der Waals surface area contributed by atoms with Crippen LogP contribution in [0.15, 0.2) is 42.5 Å². The van der Waals surface area contributed by atoms with Crippen molar-refractivity contribution in [3.63, 3.8) is 0 Å². The Hall–Kier alpha value is -2.49. The van der Waals surface area contributed by atoms with Gasteiger partial charge in [0, 0.05) is 0 Å². The summed E-state index contributed by atoms with van der Waals surface area (Å²) in [5.74, 6) is 1.41. The van der Waals surface area contributed by atoms with Crippen LogP contribution in [-0.4, -0.2) is 19.1 Å². The van der Waals surface area contributed by atoms with Gasteiger partial charge in [-0.2, -0.15) is 0 Å². The highest BCUT2D eigenvalue weighted by atomic mass is 16.5. The number of rotatable bonds is 7. The van der Waals surface area contributed by atoms with Gasteiger partial charge in [-0.25, -0.2) is 0 Å². The minimum absolute atomic E-state index is 0.101. The molecule has 2 rings (SSSR count). The predicted octanol–water partition coefficient (Wildman–Crippen LogP) is 4.35. The van der Waals surface area contributed by atoms with Crippen LogP contribution in [0.25, 0.3) is 0 Å². The zero-order valence-electron chi connectivity index (χ0n) is 15.6. The highest BCUT2D eigenvalue weighted by Crippen LogP contribution is 2.20. The number of carbonyl (C=O) groups excluding carboxylic acids is 1. The molecule has 1 amide bonds. The molecule has 4 heteroatoms. The average Bonchev–Trinajstić information content (AvgIpc) is 2.62. The van der Waals surface area contributed by atoms with Crippen LogP contribution < -0.4 is 14.8 Å². The van der Waals surface area contributed by atoms with Gasteiger partial charge in [-0.3, -0.25) is 4.79 Å². The van der Waals surface area contributed by atoms with Gasteiger partial charge in [0.15, 0.2) is 6.10 Å². The predicted molar refractivity (Wildman–Crippen MR) is 100 cm³/mol. The first-order chi connectivity index (χ1) is 11.9. The van der Waals surface area contributed by atoms with E-state index in [2.05, 4.69) is 12.2 Å². The molecule has 2 atom stereocenters. The summed E-state index contributed by atoms with van der Waals surface area (Å²) in [7, 11) is 1.64. The molecule has 0 aliphatic carbocycles. The Kier molecular flexibility index (Phi) is 6.45. The van der Waals surface area contributed by atoms with Crippen molar-refractivity contribution in [2.75, 3.05) is 7.11 Å². The number of amides is 1. The molecular formula is C21H27NO3. The van der Waals surface area contributed by atoms with Gasteiger partial charge in [-0.1, -0.05) is 25.1 Å². The number of benzene rings is 2. The third-order valence-electron chi connectivity index (χ3n) is 4.39. The molecular weight excluding hydrogens is 314 g/mol. The second-order valence-corrected chi connectivity index (χ2v) is 6.26. The summed E-state index contributed by atoms with van der Waals surface area (Å²) >= 11 is 0. The van der Waals surface area contributed by atoms with Crippen LogP contribution in [-0.2, 0) is 4.79 Å². The molecule has 0 saturated carbocycles. The fourth-order valence-corrected chi connectivity index (χ4v) is 2.56. The number of ether oxygens (including phenoxy) is 2. The van der Waals surface area contributed by atoms with Crippen molar-refractivity contribution in [1.82, 2.24) is 5.32 Å². The zero-order chi connectivity index (χ0) is 18.4. The molecule has 1 N–H and O–H groups in total. The third-order valence-corrected chi connectivity index (χ3v) is 4.39. The summed E-state index contributed by atoms with van der Waals surface area (Å²) in [5.41, 5.74) is 3.38. The van der Waals surface area contributed by atoms with E-state index in [4.69, 9.17) is 9.47 Å². The first-order valence-corrected chi connectivity index (χ1v) is 8.62. The molecule has 25 heavy (non-hydrogen) atoms. The summed E-state index contributed by atoms with van der Waals surface area (Å²) in [4.78, 5) is 12.6. The Bertz CT molecular complexity index is 710. The Morgan fingerprint density at radius 2 is 1.68 bits per heavy atom. The lowest BCUT2D eigenvalue weighted by Gasteiger charge is -2.21. The minimum Gasteiger partial charge on any atom is -0.497 e. The first-order valence-electron chi connectivity index (χ1n) is 8.62. The quantitative estimate of drug-likeness (QED) is 0.814. The van der Waals surface area contributed by atoms with E-state index in [-0.39, 0.29) is 11.9 Å². The Balaban J connectivity index is 2.01. The standard InChI is InChI=1S/C21H27NO3/c1-6-20(25-19-10-7-14(2)15(3)13-19)21(23)22-16(4)17-8-11-18(24-5)12-9-17/h7-13,16,20H,6H2,1-5H3,(H,22,23)/t16-,20-/m0/s1. The van der Waals surface area contributed by atoms with Gasteiger partial charge in [0.25, 0.3) is 5.91 Å². The molecule has 134 valence electrons. The van der Waals surface area contributed by atoms with Crippen molar-refractivity contribution < 1.29 is 14.3 Å². The summed E-state index contributed by atoms with van der Waals surface area (Å²) in [6.07, 6.45) is 0.0940. The second kappa shape index (κ2) is 8.56. The number of nitrogens with one attached hydrogen (secondary N) is 1. The smallest absolute Gasteiger partial charge is 0.261 e. The van der Waals surface area contributed by atoms with E-state index < -0.39 is 6.10 Å². The maximum absolute atomic E-state index is 12.6. The lowest BCUT2D eigenvalue weighted by molar-refractivity contribution is -0.128. The van der Waals surface area contributed by atoms with Gasteiger partial charge >= 0.3 is 0 Å². The normalized spacial score (nSPS) is 13.0. The maximum Gasteiger partial charge on any atom is 0.261 e. The fourth-order valence-electron chi connectivity index (χ4n) is 2.56. The van der Waals surface area contributed by atoms with Crippen molar-refractivity contribution in [1.29, 1.82) is 0 Å². The molecule has 2 aromatic carbocycles. The van der Waals surface area contributed by atoms with E-state index >= 15 is 0 Å². The van der Waals surface area contributed by atoms with Gasteiger partial charge in [0.05, 0.1) is 13.2 Å². The molecule has 0 bridgehead atoms. The number of methoxy groups -OCH3 is 1. The van der Waals surface area contributed by atoms with Crippen molar-refractivity contribution in [2.45, 2.75) is 46.3 Å². The van der Waals surface area contributed by atoms with Crippen molar-refractivity contribution in [2.24, 2.45) is 0 Å². The number of aryl methyl sites for hydroxylation is 2. The van der Waals surface area contributed by atoms with Crippen LogP contribution in [0.3, 0.4) is 0 Å². The van der Waals surface area contributed by atoms with E-state index in [1.54, 1.807) is 7.11 Å². The van der Waals surface area contributed by atoms with Crippen LogP contribution in [0.1, 0.15) is 43.0 Å². The molecule has 2 aromatic rings. The molecule has 0 heterocycles. The molecule has 0 aliphatic rings. The van der Waals surface area contributed by atoms with Crippen LogP contribution in [0, 0.1) is 13.8 Å². The van der Waals surface area contributed by atoms with Gasteiger partial charge in [0.2, 0.25) is 0 Å². The summed E-state index contributed by atoms with van der Waals surface area (Å²) < 4.78 is 11.1. The van der Waals surface area contributed by atoms with Gasteiger partial charge in [-0.15, -0.1) is 0 Å². The molecule has 0 unspecified atom stereocenters. The van der Waals surface area contributed by atoms with Crippen molar-refractivity contribution in [3.05, 3.63) is 59.2 Å². The topological polar surface area (TPSA) is 47.6 Å². The van der Waals surface area contributed by atoms with E-state index in [9.17, 15) is 4.79 Å². The van der Waals surface area contributed by atoms with Gasteiger partial charge < -0.3 is 14.8 Å². The Morgan fingerprint density at radius 1 is 1.04 bits per heavy atom. The van der Waals surface area contributed by atoms with E-state index in [1.165, 1.54) is 5.56 Å². The Morgan fingerprint density at radius 3 is 2.24 bits per heavy atom. The largest absolute Gasteiger partial charge is 0.497 e. The lowest BCUT2D eigenvalue weighted by Crippen LogP contribution is -2.39. The number of hydrogen-bond donors (Lipinski definition) is 1. The van der Waals surface area contributed by atoms with Crippen molar-refractivity contribution in [3.8, 4) is 11.5 Å². The SMILES string of the molecule is CC[C@H](Oc1ccc(C)c(C)c1)C(=O)N[C@@H](C)c1ccc(OC)cc1. The van der Waals surface area contributed by atoms with E-state index in [1.807, 2.05) is 63.2 Å². The highest BCUT2D eigenvalue weighted by Gasteiger charge is 2.21. The molecule has 0 spiro atoms. The van der Waals surface area contributed by atoms with E-state index in [0.29, 0.717) is 6.42 Å². The van der Waals surface area contributed by atoms with Crippen molar-refractivity contribution >= 4 is 5.91 Å². The molecule has 4 nitrogen and oxygen atoms in total. The summed E-state index contributed by atoms with van der Waals surface area (Å²) in [6, 6.07) is 13.5. The minimum atomic E-state index is -0.511. The molecule has 0 aromatic heterocycles. The fraction of sp³-hybridized carbons (Fsp3) is 0.381. The molecule has 0 saturated heterocycles.